The highest BCUT2D eigenvalue weighted by Gasteiger charge is 2.31. The molecule has 0 aliphatic rings. The van der Waals surface area contributed by atoms with Gasteiger partial charge in [0.05, 0.1) is 5.92 Å². The molecule has 140 valence electrons. The van der Waals surface area contributed by atoms with E-state index < -0.39 is 18.2 Å². The number of ether oxygens (including phenoxy) is 1. The van der Waals surface area contributed by atoms with Crippen molar-refractivity contribution < 1.29 is 22.7 Å². The lowest BCUT2D eigenvalue weighted by molar-refractivity contribution is -0.274. The molecule has 1 atom stereocenters. The fraction of sp³-hybridized carbons (Fsp3) is 0.176. The van der Waals surface area contributed by atoms with E-state index in [1.54, 1.807) is 36.4 Å². The van der Waals surface area contributed by atoms with Crippen LogP contribution in [0.4, 0.5) is 13.2 Å². The van der Waals surface area contributed by atoms with E-state index in [9.17, 15) is 18.0 Å². The largest absolute Gasteiger partial charge is 0.573 e. The van der Waals surface area contributed by atoms with Crippen molar-refractivity contribution in [3.8, 4) is 5.75 Å². The molecule has 0 saturated carbocycles. The van der Waals surface area contributed by atoms with Gasteiger partial charge in [0.2, 0.25) is 0 Å². The average Bonchev–Trinajstić information content (AvgIpc) is 2.51. The van der Waals surface area contributed by atoms with E-state index in [0.717, 1.165) is 0 Å². The molecular weight excluding hydrogens is 371 g/mol. The summed E-state index contributed by atoms with van der Waals surface area (Å²) in [7, 11) is 0. The Bertz CT molecular complexity index is 763. The molecule has 5 nitrogen and oxygen atoms in total. The normalized spacial score (nSPS) is 11.8. The van der Waals surface area contributed by atoms with Crippen LogP contribution in [0.15, 0.2) is 59.6 Å². The smallest absolute Gasteiger partial charge is 0.406 e. The SMILES string of the molecule is Cl.NC(N)=NC(=O)[C@H](Cc1cccc(OC(F)(F)F)c1)c1ccccc1. The number of nitrogens with zero attached hydrogens (tertiary/aromatic N) is 1. The quantitative estimate of drug-likeness (QED) is 0.609. The summed E-state index contributed by atoms with van der Waals surface area (Å²) in [5.74, 6) is -2.04. The maximum Gasteiger partial charge on any atom is 0.573 e. The second-order valence-electron chi connectivity index (χ2n) is 5.24. The number of aliphatic imine (C=N–C) groups is 1. The highest BCUT2D eigenvalue weighted by Crippen LogP contribution is 2.27. The van der Waals surface area contributed by atoms with Gasteiger partial charge < -0.3 is 16.2 Å². The molecule has 2 rings (SSSR count). The second-order valence-corrected chi connectivity index (χ2v) is 5.24. The molecule has 2 aromatic carbocycles. The van der Waals surface area contributed by atoms with Crippen LogP contribution < -0.4 is 16.2 Å². The minimum Gasteiger partial charge on any atom is -0.406 e. The number of benzene rings is 2. The van der Waals surface area contributed by atoms with Gasteiger partial charge in [0, 0.05) is 0 Å². The highest BCUT2D eigenvalue weighted by molar-refractivity contribution is 5.95. The monoisotopic (exact) mass is 387 g/mol. The van der Waals surface area contributed by atoms with Crippen LogP contribution in [0.25, 0.3) is 0 Å². The minimum absolute atomic E-state index is 0. The Hall–Kier alpha value is -2.74. The lowest BCUT2D eigenvalue weighted by atomic mass is 9.91. The second kappa shape index (κ2) is 9.10. The summed E-state index contributed by atoms with van der Waals surface area (Å²) in [6.07, 6.45) is -4.67. The molecule has 2 aromatic rings. The summed E-state index contributed by atoms with van der Waals surface area (Å²) in [5.41, 5.74) is 11.6. The molecule has 4 N–H and O–H groups in total. The first kappa shape index (κ1) is 21.3. The van der Waals surface area contributed by atoms with Gasteiger partial charge in [0.15, 0.2) is 5.96 Å². The number of hydrogen-bond donors (Lipinski definition) is 2. The Kier molecular flexibility index (Phi) is 7.45. The van der Waals surface area contributed by atoms with Gasteiger partial charge in [-0.2, -0.15) is 4.99 Å². The molecule has 0 heterocycles. The molecule has 0 aliphatic carbocycles. The lowest BCUT2D eigenvalue weighted by Gasteiger charge is -2.15. The summed E-state index contributed by atoms with van der Waals surface area (Å²) < 4.78 is 41.0. The molecule has 0 spiro atoms. The van der Waals surface area contributed by atoms with Gasteiger partial charge in [0.25, 0.3) is 5.91 Å². The van der Waals surface area contributed by atoms with E-state index in [0.29, 0.717) is 11.1 Å². The van der Waals surface area contributed by atoms with Gasteiger partial charge in [-0.25, -0.2) is 0 Å². The number of hydrogen-bond acceptors (Lipinski definition) is 2. The van der Waals surface area contributed by atoms with Crippen LogP contribution in [0.1, 0.15) is 17.0 Å². The lowest BCUT2D eigenvalue weighted by Crippen LogP contribution is -2.26. The third kappa shape index (κ3) is 6.64. The van der Waals surface area contributed by atoms with Crippen LogP contribution in [-0.2, 0) is 11.2 Å². The van der Waals surface area contributed by atoms with Crippen LogP contribution in [0.2, 0.25) is 0 Å². The zero-order valence-electron chi connectivity index (χ0n) is 13.4. The summed E-state index contributed by atoms with van der Waals surface area (Å²) in [4.78, 5) is 15.9. The van der Waals surface area contributed by atoms with Crippen LogP contribution in [-0.4, -0.2) is 18.2 Å². The average molecular weight is 388 g/mol. The fourth-order valence-electron chi connectivity index (χ4n) is 2.34. The third-order valence-electron chi connectivity index (χ3n) is 3.31. The van der Waals surface area contributed by atoms with E-state index in [1.165, 1.54) is 18.2 Å². The number of amides is 1. The summed E-state index contributed by atoms with van der Waals surface area (Å²) in [6, 6.07) is 14.2. The minimum atomic E-state index is -4.79. The molecule has 26 heavy (non-hydrogen) atoms. The molecule has 1 amide bonds. The van der Waals surface area contributed by atoms with Crippen molar-refractivity contribution in [1.29, 1.82) is 0 Å². The number of carbonyl (C=O) groups is 1. The van der Waals surface area contributed by atoms with Gasteiger partial charge in [-0.3, -0.25) is 4.79 Å². The number of guanidine groups is 1. The van der Waals surface area contributed by atoms with Gasteiger partial charge in [-0.1, -0.05) is 42.5 Å². The van der Waals surface area contributed by atoms with Gasteiger partial charge in [-0.15, -0.1) is 25.6 Å². The standard InChI is InChI=1S/C17H16F3N3O2.ClH/c18-17(19,20)25-13-8-4-5-11(9-13)10-14(15(24)23-16(21)22)12-6-2-1-3-7-12;/h1-9,14H,10H2,(H4,21,22,23,24);1H/t14-;/m1./s1. The molecule has 9 heteroatoms. The summed E-state index contributed by atoms with van der Waals surface area (Å²) >= 11 is 0. The fourth-order valence-corrected chi connectivity index (χ4v) is 2.34. The predicted octanol–water partition coefficient (Wildman–Crippen LogP) is 3.13. The maximum atomic E-state index is 12.4. The number of alkyl halides is 3. The molecular formula is C17H17ClF3N3O2. The number of rotatable bonds is 5. The molecule has 0 unspecified atom stereocenters. The first-order valence-electron chi connectivity index (χ1n) is 7.28. The first-order chi connectivity index (χ1) is 11.7. The van der Waals surface area contributed by atoms with E-state index in [1.807, 2.05) is 0 Å². The van der Waals surface area contributed by atoms with Crippen LogP contribution >= 0.6 is 12.4 Å². The molecule has 0 radical (unpaired) electrons. The Morgan fingerprint density at radius 2 is 1.73 bits per heavy atom. The molecule has 0 bridgehead atoms. The van der Waals surface area contributed by atoms with Crippen molar-refractivity contribution in [2.45, 2.75) is 18.7 Å². The zero-order valence-corrected chi connectivity index (χ0v) is 14.3. The summed E-state index contributed by atoms with van der Waals surface area (Å²) in [5, 5.41) is 0. The molecule has 0 aromatic heterocycles. The van der Waals surface area contributed by atoms with Crippen molar-refractivity contribution >= 4 is 24.3 Å². The predicted molar refractivity (Wildman–Crippen MR) is 94.1 cm³/mol. The molecule has 0 saturated heterocycles. The molecule has 0 fully saturated rings. The van der Waals surface area contributed by atoms with Crippen LogP contribution in [0, 0.1) is 0 Å². The number of nitrogens with two attached hydrogens (primary N) is 2. The number of halogens is 4. The summed E-state index contributed by atoms with van der Waals surface area (Å²) in [6.45, 7) is 0. The molecule has 0 aliphatic heterocycles. The Balaban J connectivity index is 0.00000338. The van der Waals surface area contributed by atoms with Gasteiger partial charge in [0.1, 0.15) is 5.75 Å². The van der Waals surface area contributed by atoms with E-state index in [-0.39, 0.29) is 30.5 Å². The Morgan fingerprint density at radius 3 is 2.31 bits per heavy atom. The van der Waals surface area contributed by atoms with Gasteiger partial charge >= 0.3 is 6.36 Å². The highest BCUT2D eigenvalue weighted by atomic mass is 35.5. The zero-order chi connectivity index (χ0) is 18.4. The Labute approximate surface area is 154 Å². The van der Waals surface area contributed by atoms with Gasteiger partial charge in [-0.05, 0) is 29.7 Å². The van der Waals surface area contributed by atoms with Crippen molar-refractivity contribution in [1.82, 2.24) is 0 Å². The van der Waals surface area contributed by atoms with Crippen molar-refractivity contribution in [2.24, 2.45) is 16.5 Å². The van der Waals surface area contributed by atoms with Crippen molar-refractivity contribution in [3.63, 3.8) is 0 Å². The topological polar surface area (TPSA) is 90.7 Å². The third-order valence-corrected chi connectivity index (χ3v) is 3.31. The van der Waals surface area contributed by atoms with E-state index >= 15 is 0 Å². The Morgan fingerprint density at radius 1 is 1.08 bits per heavy atom. The van der Waals surface area contributed by atoms with Crippen molar-refractivity contribution in [2.75, 3.05) is 0 Å². The van der Waals surface area contributed by atoms with Crippen molar-refractivity contribution in [3.05, 3.63) is 65.7 Å². The maximum absolute atomic E-state index is 12.4. The first-order valence-corrected chi connectivity index (χ1v) is 7.28. The van der Waals surface area contributed by atoms with Crippen LogP contribution in [0.3, 0.4) is 0 Å². The van der Waals surface area contributed by atoms with E-state index in [4.69, 9.17) is 11.5 Å². The van der Waals surface area contributed by atoms with Crippen LogP contribution in [0.5, 0.6) is 5.75 Å². The number of carbonyl (C=O) groups excluding carboxylic acids is 1. The van der Waals surface area contributed by atoms with E-state index in [2.05, 4.69) is 9.73 Å².